The summed E-state index contributed by atoms with van der Waals surface area (Å²) in [7, 11) is -3.64. The van der Waals surface area contributed by atoms with E-state index in [1.165, 1.54) is 0 Å². The van der Waals surface area contributed by atoms with Crippen molar-refractivity contribution in [3.63, 3.8) is 0 Å². The van der Waals surface area contributed by atoms with Gasteiger partial charge in [-0.2, -0.15) is 0 Å². The molecule has 29 heavy (non-hydrogen) atoms. The molecule has 2 unspecified atom stereocenters. The van der Waals surface area contributed by atoms with E-state index in [0.29, 0.717) is 13.0 Å². The van der Waals surface area contributed by atoms with Crippen molar-refractivity contribution in [1.82, 2.24) is 0 Å². The summed E-state index contributed by atoms with van der Waals surface area (Å²) in [6.07, 6.45) is 6.09. The van der Waals surface area contributed by atoms with Gasteiger partial charge in [-0.05, 0) is 56.6 Å². The minimum atomic E-state index is -3.64. The topological polar surface area (TPSA) is 57.0 Å². The van der Waals surface area contributed by atoms with E-state index in [1.807, 2.05) is 6.92 Å². The van der Waals surface area contributed by atoms with Crippen molar-refractivity contribution in [2.75, 3.05) is 13.2 Å². The number of hydrogen-bond acceptors (Lipinski definition) is 4. The molecule has 0 N–H and O–H groups in total. The maximum absolute atomic E-state index is 13.1. The van der Waals surface area contributed by atoms with Gasteiger partial charge < -0.3 is 9.47 Å². The van der Waals surface area contributed by atoms with Crippen molar-refractivity contribution in [2.45, 2.75) is 88.7 Å². The lowest BCUT2D eigenvalue weighted by Gasteiger charge is -2.29. The normalized spacial score (nSPS) is 20.0. The van der Waals surface area contributed by atoms with Crippen LogP contribution in [-0.2, 0) is 19.3 Å². The number of aryl methyl sites for hydroxylation is 1. The van der Waals surface area contributed by atoms with Crippen molar-refractivity contribution in [1.29, 1.82) is 0 Å². The zero-order chi connectivity index (χ0) is 21.5. The fourth-order valence-electron chi connectivity index (χ4n) is 3.53. The number of sulfone groups is 1. The molecule has 0 amide bonds. The highest BCUT2D eigenvalue weighted by Crippen LogP contribution is 2.33. The average Bonchev–Trinajstić information content (AvgIpc) is 2.70. The highest BCUT2D eigenvalue weighted by molar-refractivity contribution is 7.93. The number of hydrogen-bond donors (Lipinski definition) is 0. The molecule has 2 rings (SSSR count). The number of rotatable bonds is 10. The van der Waals surface area contributed by atoms with E-state index in [-0.39, 0.29) is 16.6 Å². The van der Waals surface area contributed by atoms with Crippen LogP contribution in [0.4, 0.5) is 0 Å². The smallest absolute Gasteiger partial charge is 0.353 e. The molecular formula is C23H36NO4S+. The van der Waals surface area contributed by atoms with E-state index in [2.05, 4.69) is 18.7 Å². The molecule has 0 spiro atoms. The first-order valence-electron chi connectivity index (χ1n) is 10.6. The molecule has 0 bridgehead atoms. The molecule has 1 saturated heterocycles. The first-order chi connectivity index (χ1) is 13.6. The molecule has 0 aromatic heterocycles. The second-order valence-corrected chi connectivity index (χ2v) is 11.5. The van der Waals surface area contributed by atoms with Gasteiger partial charge in [0.25, 0.3) is 16.4 Å². The van der Waals surface area contributed by atoms with Crippen molar-refractivity contribution >= 4 is 9.84 Å². The summed E-state index contributed by atoms with van der Waals surface area (Å²) in [5.41, 5.74) is 1.02. The highest BCUT2D eigenvalue weighted by atomic mass is 32.2. The van der Waals surface area contributed by atoms with Gasteiger partial charge in [0, 0.05) is 20.0 Å². The summed E-state index contributed by atoms with van der Waals surface area (Å²) >= 11 is 0. The summed E-state index contributed by atoms with van der Waals surface area (Å²) in [5.74, 6) is 0. The van der Waals surface area contributed by atoms with Crippen molar-refractivity contribution < 1.29 is 17.9 Å². The lowest BCUT2D eigenvalue weighted by Crippen LogP contribution is -2.32. The third kappa shape index (κ3) is 6.53. The van der Waals surface area contributed by atoms with Gasteiger partial charge in [0.1, 0.15) is 0 Å². The molecule has 1 heterocycles. The summed E-state index contributed by atoms with van der Waals surface area (Å²) in [6, 6.07) is 6.84. The van der Waals surface area contributed by atoms with E-state index in [0.717, 1.165) is 50.7 Å². The summed E-state index contributed by atoms with van der Waals surface area (Å²) < 4.78 is 37.7. The van der Waals surface area contributed by atoms with E-state index in [9.17, 15) is 8.42 Å². The second-order valence-electron chi connectivity index (χ2n) is 9.10. The van der Waals surface area contributed by atoms with E-state index in [4.69, 9.17) is 16.0 Å². The molecule has 1 aliphatic rings. The van der Waals surface area contributed by atoms with Gasteiger partial charge in [-0.3, -0.25) is 0 Å². The predicted molar refractivity (Wildman–Crippen MR) is 117 cm³/mol. The van der Waals surface area contributed by atoms with E-state index in [1.54, 1.807) is 31.2 Å². The molecular weight excluding hydrogens is 386 g/mol. The molecule has 162 valence electrons. The van der Waals surface area contributed by atoms with Gasteiger partial charge in [0.15, 0.2) is 6.29 Å². The molecule has 2 atom stereocenters. The monoisotopic (exact) mass is 422 g/mol. The van der Waals surface area contributed by atoms with Gasteiger partial charge in [-0.1, -0.05) is 42.8 Å². The minimum Gasteiger partial charge on any atom is -0.353 e. The Bertz CT molecular complexity index is 789. The van der Waals surface area contributed by atoms with Gasteiger partial charge in [-0.15, -0.1) is 0 Å². The Hall–Kier alpha value is -1.42. The van der Waals surface area contributed by atoms with Crippen LogP contribution in [-0.4, -0.2) is 32.8 Å². The van der Waals surface area contributed by atoms with Crippen molar-refractivity contribution in [3.05, 3.63) is 34.7 Å². The first-order valence-corrected chi connectivity index (χ1v) is 12.0. The lowest BCUT2D eigenvalue weighted by molar-refractivity contribution is -0.176. The lowest BCUT2D eigenvalue weighted by atomic mass is 9.87. The second kappa shape index (κ2) is 10.1. The van der Waals surface area contributed by atoms with Crippen molar-refractivity contribution in [3.8, 4) is 6.57 Å². The third-order valence-corrected chi connectivity index (χ3v) is 8.09. The predicted octanol–water partition coefficient (Wildman–Crippen LogP) is 5.58. The number of benzene rings is 1. The van der Waals surface area contributed by atoms with Crippen LogP contribution in [0.25, 0.3) is 4.85 Å². The Labute approximate surface area is 176 Å². The third-order valence-electron chi connectivity index (χ3n) is 5.73. The zero-order valence-electron chi connectivity index (χ0n) is 18.3. The molecule has 1 fully saturated rings. The summed E-state index contributed by atoms with van der Waals surface area (Å²) in [5, 5.41) is 0. The summed E-state index contributed by atoms with van der Waals surface area (Å²) in [6.45, 7) is 14.9. The van der Waals surface area contributed by atoms with Crippen LogP contribution in [0.2, 0.25) is 0 Å². The number of ether oxygens (including phenoxy) is 2. The Balaban J connectivity index is 1.86. The fourth-order valence-corrected chi connectivity index (χ4v) is 5.08. The Kier molecular flexibility index (Phi) is 8.28. The van der Waals surface area contributed by atoms with Crippen molar-refractivity contribution in [2.24, 2.45) is 5.41 Å². The van der Waals surface area contributed by atoms with Gasteiger partial charge in [0.05, 0.1) is 11.5 Å². The number of nitrogens with zero attached hydrogens (tertiary/aromatic N) is 1. The van der Waals surface area contributed by atoms with Crippen LogP contribution >= 0.6 is 0 Å². The van der Waals surface area contributed by atoms with Crippen LogP contribution < -0.4 is 0 Å². The molecule has 0 saturated carbocycles. The van der Waals surface area contributed by atoms with Crippen LogP contribution in [0.5, 0.6) is 0 Å². The van der Waals surface area contributed by atoms with E-state index >= 15 is 0 Å². The highest BCUT2D eigenvalue weighted by Gasteiger charge is 2.49. The quantitative estimate of drug-likeness (QED) is 0.462. The first kappa shape index (κ1) is 23.9. The average molecular weight is 423 g/mol. The maximum Gasteiger partial charge on any atom is 0.378 e. The molecule has 1 aromatic rings. The number of unbranched alkanes of at least 4 members (excludes halogenated alkanes) is 1. The van der Waals surface area contributed by atoms with Gasteiger partial charge >= 0.3 is 4.87 Å². The summed E-state index contributed by atoms with van der Waals surface area (Å²) in [4.78, 5) is 2.74. The standard InChI is InChI=1S/C23H36NO4S/c1-19-11-13-20(14-12-19)29(25,26)23(4,24-5)16-8-7-15-22(2,3)18-28-21-10-6-9-17-27-21/h5,11-14,21H,6-10,15-18H2,1-4H3/q+1. The van der Waals surface area contributed by atoms with Crippen LogP contribution in [0, 0.1) is 18.9 Å². The molecule has 0 aliphatic carbocycles. The van der Waals surface area contributed by atoms with Crippen LogP contribution in [0.3, 0.4) is 0 Å². The maximum atomic E-state index is 13.1. The largest absolute Gasteiger partial charge is 0.378 e. The zero-order valence-corrected chi connectivity index (χ0v) is 19.1. The molecule has 0 radical (unpaired) electrons. The fraction of sp³-hybridized carbons (Fsp3) is 0.696. The molecule has 6 heteroatoms. The Morgan fingerprint density at radius 3 is 2.38 bits per heavy atom. The van der Waals surface area contributed by atoms with Gasteiger partial charge in [0.2, 0.25) is 0 Å². The Morgan fingerprint density at radius 1 is 1.14 bits per heavy atom. The van der Waals surface area contributed by atoms with E-state index < -0.39 is 14.7 Å². The molecule has 1 aromatic carbocycles. The Morgan fingerprint density at radius 2 is 1.79 bits per heavy atom. The van der Waals surface area contributed by atoms with Crippen LogP contribution in [0.1, 0.15) is 71.3 Å². The minimum absolute atomic E-state index is 0.00684. The van der Waals surface area contributed by atoms with Gasteiger partial charge in [-0.25, -0.2) is 8.42 Å². The SMILES string of the molecule is C#[N+]C(C)(CCCCC(C)(C)COC1CCCCO1)S(=O)(=O)c1ccc(C)cc1. The molecule has 5 nitrogen and oxygen atoms in total. The molecule has 1 aliphatic heterocycles. The van der Waals surface area contributed by atoms with Crippen LogP contribution in [0.15, 0.2) is 29.2 Å².